The first-order valence-corrected chi connectivity index (χ1v) is 9.74. The molecule has 0 aromatic heterocycles. The monoisotopic (exact) mass is 346 g/mol. The minimum absolute atomic E-state index is 0.0858. The SMILES string of the molecule is Cc1cc(C)c(NC(=O)CCCN(CCO)C2CCCCC2)c(C)c1. The lowest BCUT2D eigenvalue weighted by atomic mass is 9.94. The van der Waals surface area contributed by atoms with Crippen molar-refractivity contribution in [3.05, 3.63) is 28.8 Å². The van der Waals surface area contributed by atoms with Crippen LogP contribution in [0.4, 0.5) is 5.69 Å². The summed E-state index contributed by atoms with van der Waals surface area (Å²) in [6.07, 6.45) is 7.74. The number of hydrogen-bond donors (Lipinski definition) is 2. The van der Waals surface area contributed by atoms with E-state index in [1.54, 1.807) is 0 Å². The summed E-state index contributed by atoms with van der Waals surface area (Å²) in [5.41, 5.74) is 4.42. The van der Waals surface area contributed by atoms with Crippen molar-refractivity contribution in [3.8, 4) is 0 Å². The molecule has 1 amide bonds. The van der Waals surface area contributed by atoms with Crippen LogP contribution in [0.2, 0.25) is 0 Å². The van der Waals surface area contributed by atoms with E-state index in [1.807, 2.05) is 13.8 Å². The zero-order valence-electron chi connectivity index (χ0n) is 16.1. The third kappa shape index (κ3) is 6.12. The third-order valence-corrected chi connectivity index (χ3v) is 5.27. The van der Waals surface area contributed by atoms with Crippen LogP contribution < -0.4 is 5.32 Å². The number of carbonyl (C=O) groups is 1. The van der Waals surface area contributed by atoms with E-state index in [2.05, 4.69) is 29.3 Å². The molecule has 1 aromatic carbocycles. The zero-order chi connectivity index (χ0) is 18.2. The molecule has 0 heterocycles. The van der Waals surface area contributed by atoms with Crippen molar-refractivity contribution in [1.82, 2.24) is 4.90 Å². The highest BCUT2D eigenvalue weighted by Gasteiger charge is 2.20. The van der Waals surface area contributed by atoms with Crippen LogP contribution in [0.25, 0.3) is 0 Å². The average Bonchev–Trinajstić information content (AvgIpc) is 2.58. The Bertz CT molecular complexity index is 542. The van der Waals surface area contributed by atoms with Gasteiger partial charge in [0.15, 0.2) is 0 Å². The molecule has 140 valence electrons. The normalized spacial score (nSPS) is 15.6. The number of benzene rings is 1. The van der Waals surface area contributed by atoms with Gasteiger partial charge in [-0.05, 0) is 57.7 Å². The van der Waals surface area contributed by atoms with Gasteiger partial charge in [-0.25, -0.2) is 0 Å². The maximum Gasteiger partial charge on any atom is 0.224 e. The summed E-state index contributed by atoms with van der Waals surface area (Å²) >= 11 is 0. The molecule has 4 nitrogen and oxygen atoms in total. The average molecular weight is 347 g/mol. The number of rotatable bonds is 8. The molecule has 0 spiro atoms. The van der Waals surface area contributed by atoms with E-state index in [0.29, 0.717) is 12.5 Å². The molecule has 1 fully saturated rings. The fraction of sp³-hybridized carbons (Fsp3) is 0.667. The summed E-state index contributed by atoms with van der Waals surface area (Å²) in [6.45, 7) is 7.98. The number of aryl methyl sites for hydroxylation is 3. The van der Waals surface area contributed by atoms with Crippen molar-refractivity contribution in [2.75, 3.05) is 25.0 Å². The first kappa shape index (κ1) is 19.9. The van der Waals surface area contributed by atoms with E-state index < -0.39 is 0 Å². The molecule has 0 radical (unpaired) electrons. The lowest BCUT2D eigenvalue weighted by molar-refractivity contribution is -0.116. The van der Waals surface area contributed by atoms with Gasteiger partial charge in [-0.1, -0.05) is 37.0 Å². The first-order valence-electron chi connectivity index (χ1n) is 9.74. The molecule has 1 aromatic rings. The predicted molar refractivity (Wildman–Crippen MR) is 104 cm³/mol. The minimum atomic E-state index is 0.0858. The van der Waals surface area contributed by atoms with Crippen molar-refractivity contribution in [2.45, 2.75) is 71.8 Å². The Balaban J connectivity index is 1.82. The van der Waals surface area contributed by atoms with E-state index in [1.165, 1.54) is 37.7 Å². The first-order chi connectivity index (χ1) is 12.0. The topological polar surface area (TPSA) is 52.6 Å². The van der Waals surface area contributed by atoms with Crippen LogP contribution in [-0.2, 0) is 4.79 Å². The third-order valence-electron chi connectivity index (χ3n) is 5.27. The number of aliphatic hydroxyl groups excluding tert-OH is 1. The quantitative estimate of drug-likeness (QED) is 0.749. The number of anilines is 1. The Kier molecular flexibility index (Phi) is 7.91. The van der Waals surface area contributed by atoms with Crippen molar-refractivity contribution in [1.29, 1.82) is 0 Å². The molecule has 25 heavy (non-hydrogen) atoms. The standard InChI is InChI=1S/C21H34N2O2/c1-16-14-17(2)21(18(3)15-16)22-20(25)10-7-11-23(12-13-24)19-8-5-4-6-9-19/h14-15,19,24H,4-13H2,1-3H3,(H,22,25). The molecular weight excluding hydrogens is 312 g/mol. The molecule has 0 bridgehead atoms. The largest absolute Gasteiger partial charge is 0.395 e. The van der Waals surface area contributed by atoms with E-state index >= 15 is 0 Å². The molecule has 0 saturated heterocycles. The van der Waals surface area contributed by atoms with Crippen molar-refractivity contribution >= 4 is 11.6 Å². The second-order valence-corrected chi connectivity index (χ2v) is 7.48. The lowest BCUT2D eigenvalue weighted by Crippen LogP contribution is -2.39. The van der Waals surface area contributed by atoms with Crippen LogP contribution in [0.3, 0.4) is 0 Å². The highest BCUT2D eigenvalue weighted by atomic mass is 16.3. The maximum absolute atomic E-state index is 12.3. The maximum atomic E-state index is 12.3. The Morgan fingerprint density at radius 1 is 1.12 bits per heavy atom. The highest BCUT2D eigenvalue weighted by Crippen LogP contribution is 2.24. The smallest absolute Gasteiger partial charge is 0.224 e. The van der Waals surface area contributed by atoms with Crippen LogP contribution in [0.1, 0.15) is 61.6 Å². The van der Waals surface area contributed by atoms with Crippen LogP contribution >= 0.6 is 0 Å². The summed E-state index contributed by atoms with van der Waals surface area (Å²) in [4.78, 5) is 14.7. The lowest BCUT2D eigenvalue weighted by Gasteiger charge is -2.33. The van der Waals surface area contributed by atoms with Crippen LogP contribution in [0.15, 0.2) is 12.1 Å². The molecule has 0 aliphatic heterocycles. The molecule has 2 N–H and O–H groups in total. The molecule has 1 saturated carbocycles. The van der Waals surface area contributed by atoms with Gasteiger partial charge in [-0.3, -0.25) is 9.69 Å². The van der Waals surface area contributed by atoms with Gasteiger partial charge >= 0.3 is 0 Å². The summed E-state index contributed by atoms with van der Waals surface area (Å²) in [7, 11) is 0. The van der Waals surface area contributed by atoms with E-state index in [4.69, 9.17) is 0 Å². The molecule has 0 atom stereocenters. The van der Waals surface area contributed by atoms with E-state index in [0.717, 1.165) is 36.3 Å². The highest BCUT2D eigenvalue weighted by molar-refractivity contribution is 5.92. The summed E-state index contributed by atoms with van der Waals surface area (Å²) in [5, 5.41) is 12.4. The molecule has 1 aliphatic rings. The minimum Gasteiger partial charge on any atom is -0.395 e. The Labute approximate surface area is 152 Å². The van der Waals surface area contributed by atoms with E-state index in [9.17, 15) is 9.90 Å². The van der Waals surface area contributed by atoms with Gasteiger partial charge in [0.2, 0.25) is 5.91 Å². The van der Waals surface area contributed by atoms with Gasteiger partial charge in [0.1, 0.15) is 0 Å². The predicted octanol–water partition coefficient (Wildman–Crippen LogP) is 3.96. The number of aliphatic hydroxyl groups is 1. The number of nitrogens with one attached hydrogen (secondary N) is 1. The van der Waals surface area contributed by atoms with Crippen LogP contribution in [0.5, 0.6) is 0 Å². The van der Waals surface area contributed by atoms with Crippen LogP contribution in [-0.4, -0.2) is 41.7 Å². The van der Waals surface area contributed by atoms with Crippen molar-refractivity contribution in [2.24, 2.45) is 0 Å². The van der Waals surface area contributed by atoms with Gasteiger partial charge in [-0.2, -0.15) is 0 Å². The molecule has 2 rings (SSSR count). The summed E-state index contributed by atoms with van der Waals surface area (Å²) in [5.74, 6) is 0.0858. The second kappa shape index (κ2) is 9.93. The molecule has 1 aliphatic carbocycles. The van der Waals surface area contributed by atoms with Gasteiger partial charge < -0.3 is 10.4 Å². The molecule has 0 unspecified atom stereocenters. The van der Waals surface area contributed by atoms with Crippen LogP contribution in [0, 0.1) is 20.8 Å². The second-order valence-electron chi connectivity index (χ2n) is 7.48. The van der Waals surface area contributed by atoms with Gasteiger partial charge in [0.05, 0.1) is 6.61 Å². The number of carbonyl (C=O) groups excluding carboxylic acids is 1. The van der Waals surface area contributed by atoms with Gasteiger partial charge in [0, 0.05) is 24.7 Å². The number of hydrogen-bond acceptors (Lipinski definition) is 3. The van der Waals surface area contributed by atoms with Crippen molar-refractivity contribution < 1.29 is 9.90 Å². The fourth-order valence-corrected chi connectivity index (χ4v) is 4.07. The zero-order valence-corrected chi connectivity index (χ0v) is 16.1. The fourth-order valence-electron chi connectivity index (χ4n) is 4.07. The Morgan fingerprint density at radius 3 is 2.36 bits per heavy atom. The number of nitrogens with zero attached hydrogens (tertiary/aromatic N) is 1. The van der Waals surface area contributed by atoms with Gasteiger partial charge in [-0.15, -0.1) is 0 Å². The summed E-state index contributed by atoms with van der Waals surface area (Å²) in [6, 6.07) is 4.80. The molecular formula is C21H34N2O2. The number of amides is 1. The van der Waals surface area contributed by atoms with E-state index in [-0.39, 0.29) is 12.5 Å². The summed E-state index contributed by atoms with van der Waals surface area (Å²) < 4.78 is 0. The molecule has 4 heteroatoms. The van der Waals surface area contributed by atoms with Gasteiger partial charge in [0.25, 0.3) is 0 Å². The Morgan fingerprint density at radius 2 is 1.76 bits per heavy atom. The Hall–Kier alpha value is -1.39. The van der Waals surface area contributed by atoms with Crippen molar-refractivity contribution in [3.63, 3.8) is 0 Å².